The van der Waals surface area contributed by atoms with Crippen molar-refractivity contribution in [3.63, 3.8) is 0 Å². The molecule has 1 atom stereocenters. The summed E-state index contributed by atoms with van der Waals surface area (Å²) in [7, 11) is -3.57. The molecule has 1 unspecified atom stereocenters. The minimum absolute atomic E-state index is 0.0637. The first-order valence-electron chi connectivity index (χ1n) is 6.73. The van der Waals surface area contributed by atoms with E-state index in [4.69, 9.17) is 4.74 Å². The molecule has 1 N–H and O–H groups in total. The third-order valence-electron chi connectivity index (χ3n) is 3.37. The second kappa shape index (κ2) is 6.47. The number of carbonyl (C=O) groups excluding carboxylic acids is 1. The van der Waals surface area contributed by atoms with Crippen molar-refractivity contribution in [2.24, 2.45) is 5.92 Å². The van der Waals surface area contributed by atoms with Crippen molar-refractivity contribution in [1.82, 2.24) is 4.72 Å². The summed E-state index contributed by atoms with van der Waals surface area (Å²) in [4.78, 5) is 11.8. The molecule has 0 saturated carbocycles. The van der Waals surface area contributed by atoms with Crippen molar-refractivity contribution in [2.75, 3.05) is 19.8 Å². The van der Waals surface area contributed by atoms with Gasteiger partial charge in [-0.1, -0.05) is 19.1 Å². The highest BCUT2D eigenvalue weighted by Crippen LogP contribution is 2.15. The molecule has 0 amide bonds. The quantitative estimate of drug-likeness (QED) is 0.809. The first-order valence-corrected chi connectivity index (χ1v) is 8.22. The van der Waals surface area contributed by atoms with Crippen molar-refractivity contribution in [3.8, 4) is 0 Å². The second-order valence-corrected chi connectivity index (χ2v) is 6.65. The van der Waals surface area contributed by atoms with E-state index in [-0.39, 0.29) is 16.6 Å². The van der Waals surface area contributed by atoms with Crippen molar-refractivity contribution in [3.05, 3.63) is 29.8 Å². The maximum absolute atomic E-state index is 12.2. The summed E-state index contributed by atoms with van der Waals surface area (Å²) in [5.74, 6) is 0.163. The van der Waals surface area contributed by atoms with E-state index < -0.39 is 10.0 Å². The Labute approximate surface area is 119 Å². The number of ether oxygens (including phenoxy) is 1. The molecule has 1 aliphatic heterocycles. The number of sulfonamides is 1. The second-order valence-electron chi connectivity index (χ2n) is 4.89. The first kappa shape index (κ1) is 15.2. The van der Waals surface area contributed by atoms with Gasteiger partial charge in [0, 0.05) is 25.1 Å². The highest BCUT2D eigenvalue weighted by Gasteiger charge is 2.20. The van der Waals surface area contributed by atoms with E-state index in [1.165, 1.54) is 12.1 Å². The Hall–Kier alpha value is -1.24. The Bertz CT molecular complexity index is 577. The van der Waals surface area contributed by atoms with E-state index in [1.54, 1.807) is 19.1 Å². The summed E-state index contributed by atoms with van der Waals surface area (Å²) in [6, 6.07) is 6.16. The summed E-state index contributed by atoms with van der Waals surface area (Å²) in [6.07, 6.45) is 1.23. The fourth-order valence-corrected chi connectivity index (χ4v) is 3.26. The molecular weight excluding hydrogens is 278 g/mol. The number of carbonyl (C=O) groups is 1. The normalized spacial score (nSPS) is 19.1. The van der Waals surface area contributed by atoms with E-state index in [9.17, 15) is 13.2 Å². The van der Waals surface area contributed by atoms with Crippen molar-refractivity contribution in [2.45, 2.75) is 24.7 Å². The third kappa shape index (κ3) is 3.65. The van der Waals surface area contributed by atoms with Gasteiger partial charge in [-0.3, -0.25) is 4.79 Å². The summed E-state index contributed by atoms with van der Waals surface area (Å²) in [5.41, 5.74) is 0.430. The molecule has 0 radical (unpaired) electrons. The number of nitrogens with one attached hydrogen (secondary N) is 1. The summed E-state index contributed by atoms with van der Waals surface area (Å²) in [5, 5.41) is 0. The van der Waals surface area contributed by atoms with E-state index >= 15 is 0 Å². The number of rotatable bonds is 6. The van der Waals surface area contributed by atoms with Crippen LogP contribution in [0.4, 0.5) is 0 Å². The van der Waals surface area contributed by atoms with E-state index in [0.717, 1.165) is 6.42 Å². The predicted octanol–water partition coefficient (Wildman–Crippen LogP) is 1.59. The van der Waals surface area contributed by atoms with Gasteiger partial charge in [-0.05, 0) is 24.5 Å². The maximum Gasteiger partial charge on any atom is 0.240 e. The zero-order valence-electron chi connectivity index (χ0n) is 11.5. The van der Waals surface area contributed by atoms with Gasteiger partial charge in [-0.15, -0.1) is 0 Å². The molecule has 1 fully saturated rings. The minimum Gasteiger partial charge on any atom is -0.381 e. The third-order valence-corrected chi connectivity index (χ3v) is 4.79. The fraction of sp³-hybridized carbons (Fsp3) is 0.500. The molecular formula is C14H19NO4S. The van der Waals surface area contributed by atoms with Gasteiger partial charge in [-0.25, -0.2) is 13.1 Å². The zero-order valence-corrected chi connectivity index (χ0v) is 12.3. The van der Waals surface area contributed by atoms with E-state index in [1.807, 2.05) is 0 Å². The Morgan fingerprint density at radius 1 is 1.45 bits per heavy atom. The van der Waals surface area contributed by atoms with Crippen molar-refractivity contribution < 1.29 is 17.9 Å². The average Bonchev–Trinajstić information content (AvgIpc) is 2.98. The van der Waals surface area contributed by atoms with Gasteiger partial charge in [0.05, 0.1) is 11.5 Å². The van der Waals surface area contributed by atoms with Gasteiger partial charge in [0.1, 0.15) is 0 Å². The van der Waals surface area contributed by atoms with Crippen LogP contribution in [-0.2, 0) is 14.8 Å². The molecule has 0 spiro atoms. The Balaban J connectivity index is 2.10. The summed E-state index contributed by atoms with van der Waals surface area (Å²) < 4.78 is 32.2. The van der Waals surface area contributed by atoms with Crippen molar-refractivity contribution in [1.29, 1.82) is 0 Å². The highest BCUT2D eigenvalue weighted by atomic mass is 32.2. The topological polar surface area (TPSA) is 72.5 Å². The van der Waals surface area contributed by atoms with Crippen molar-refractivity contribution >= 4 is 15.8 Å². The molecule has 1 aromatic carbocycles. The predicted molar refractivity (Wildman–Crippen MR) is 75.2 cm³/mol. The Morgan fingerprint density at radius 2 is 2.25 bits per heavy atom. The zero-order chi connectivity index (χ0) is 14.6. The minimum atomic E-state index is -3.57. The van der Waals surface area contributed by atoms with Crippen LogP contribution >= 0.6 is 0 Å². The number of ketones is 1. The Morgan fingerprint density at radius 3 is 2.90 bits per heavy atom. The molecule has 110 valence electrons. The lowest BCUT2D eigenvalue weighted by atomic mass is 10.1. The van der Waals surface area contributed by atoms with Crippen LogP contribution in [0.1, 0.15) is 30.1 Å². The standard InChI is InChI=1S/C14H19NO4S/c1-2-14(16)12-4-3-5-13(8-12)20(17,18)15-9-11-6-7-19-10-11/h3-5,8,11,15H,2,6-7,9-10H2,1H3. The van der Waals surface area contributed by atoms with Gasteiger partial charge >= 0.3 is 0 Å². The van der Waals surface area contributed by atoms with Crippen LogP contribution in [0.2, 0.25) is 0 Å². The van der Waals surface area contributed by atoms with Gasteiger partial charge in [0.15, 0.2) is 5.78 Å². The SMILES string of the molecule is CCC(=O)c1cccc(S(=O)(=O)NCC2CCOC2)c1. The lowest BCUT2D eigenvalue weighted by Crippen LogP contribution is -2.29. The lowest BCUT2D eigenvalue weighted by Gasteiger charge is -2.11. The van der Waals surface area contributed by atoms with E-state index in [2.05, 4.69) is 4.72 Å². The molecule has 1 aromatic rings. The monoisotopic (exact) mass is 297 g/mol. The number of hydrogen-bond acceptors (Lipinski definition) is 4. The van der Waals surface area contributed by atoms with Gasteiger partial charge < -0.3 is 4.74 Å². The number of benzene rings is 1. The Kier molecular flexibility index (Phi) is 4.91. The van der Waals surface area contributed by atoms with Crippen LogP contribution < -0.4 is 4.72 Å². The first-order chi connectivity index (χ1) is 9.53. The lowest BCUT2D eigenvalue weighted by molar-refractivity contribution is 0.0988. The maximum atomic E-state index is 12.2. The van der Waals surface area contributed by atoms with Crippen LogP contribution in [0, 0.1) is 5.92 Å². The molecule has 1 aliphatic rings. The fourth-order valence-electron chi connectivity index (χ4n) is 2.10. The van der Waals surface area contributed by atoms with E-state index in [0.29, 0.717) is 31.7 Å². The van der Waals surface area contributed by atoms with Crippen LogP contribution in [0.5, 0.6) is 0 Å². The molecule has 2 rings (SSSR count). The molecule has 1 saturated heterocycles. The van der Waals surface area contributed by atoms with Crippen LogP contribution in [0.25, 0.3) is 0 Å². The smallest absolute Gasteiger partial charge is 0.240 e. The van der Waals surface area contributed by atoms with Crippen LogP contribution in [0.15, 0.2) is 29.2 Å². The number of hydrogen-bond donors (Lipinski definition) is 1. The van der Waals surface area contributed by atoms with Crippen LogP contribution in [0.3, 0.4) is 0 Å². The van der Waals surface area contributed by atoms with Gasteiger partial charge in [-0.2, -0.15) is 0 Å². The molecule has 0 aromatic heterocycles. The highest BCUT2D eigenvalue weighted by molar-refractivity contribution is 7.89. The van der Waals surface area contributed by atoms with Gasteiger partial charge in [0.25, 0.3) is 0 Å². The van der Waals surface area contributed by atoms with Crippen LogP contribution in [-0.4, -0.2) is 34.0 Å². The molecule has 20 heavy (non-hydrogen) atoms. The number of Topliss-reactive ketones (excluding diaryl/α,β-unsaturated/α-hetero) is 1. The molecule has 1 heterocycles. The van der Waals surface area contributed by atoms with Gasteiger partial charge in [0.2, 0.25) is 10.0 Å². The molecule has 5 nitrogen and oxygen atoms in total. The summed E-state index contributed by atoms with van der Waals surface area (Å²) in [6.45, 7) is 3.40. The molecule has 0 aliphatic carbocycles. The average molecular weight is 297 g/mol. The molecule has 0 bridgehead atoms. The largest absolute Gasteiger partial charge is 0.381 e. The molecule has 6 heteroatoms. The summed E-state index contributed by atoms with van der Waals surface area (Å²) >= 11 is 0.